The van der Waals surface area contributed by atoms with Gasteiger partial charge in [-0.25, -0.2) is 4.79 Å². The van der Waals surface area contributed by atoms with Gasteiger partial charge in [-0.05, 0) is 43.3 Å². The molecule has 1 aromatic heterocycles. The Kier molecular flexibility index (Phi) is 11.0. The first kappa shape index (κ1) is 31.8. The summed E-state index contributed by atoms with van der Waals surface area (Å²) in [6.07, 6.45) is 9.19. The average molecular weight is 588 g/mol. The molecule has 0 bridgehead atoms. The fraction of sp³-hybridized carbons (Fsp3) is 0.233. The number of methoxy groups -OCH3 is 1. The number of ether oxygens (including phenoxy) is 1. The van der Waals surface area contributed by atoms with Crippen LogP contribution in [0.15, 0.2) is 83.9 Å². The minimum absolute atomic E-state index is 0.0262. The molecule has 1 aromatic carbocycles. The van der Waals surface area contributed by atoms with Crippen LogP contribution in [-0.2, 0) is 14.4 Å². The first-order valence-electron chi connectivity index (χ1n) is 13.3. The van der Waals surface area contributed by atoms with E-state index in [2.05, 4.69) is 20.9 Å². The standard InChI is InChI=1S/C30H37N9O4/c1-35-30(42)27(34)24(14-26(33)38-29(41)18-9-10-18)37-23-8-4-7-21(28(23)43-3)19-11-12-22(36-15-19)25(17-40)39(2)16-20(32)6-5-13-31/h4-8,11-15,18,37H,9-10,16,31-34H2,1-3H3,(H,35,42)(H,38,41)/b13-5-,20-6-,26-14+,27-24+. The highest BCUT2D eigenvalue weighted by atomic mass is 16.5. The van der Waals surface area contributed by atoms with E-state index in [1.54, 1.807) is 54.6 Å². The quantitative estimate of drug-likeness (QED) is 0.0989. The van der Waals surface area contributed by atoms with Crippen molar-refractivity contribution in [3.8, 4) is 16.9 Å². The zero-order valence-corrected chi connectivity index (χ0v) is 24.3. The summed E-state index contributed by atoms with van der Waals surface area (Å²) in [7, 11) is 4.65. The summed E-state index contributed by atoms with van der Waals surface area (Å²) in [5.41, 5.74) is 26.4. The van der Waals surface area contributed by atoms with E-state index in [4.69, 9.17) is 27.7 Å². The molecule has 43 heavy (non-hydrogen) atoms. The molecule has 0 radical (unpaired) electrons. The largest absolute Gasteiger partial charge is 0.494 e. The number of carbonyl (C=O) groups is 2. The number of para-hydroxylation sites is 1. The summed E-state index contributed by atoms with van der Waals surface area (Å²) in [5.74, 6) is 1.58. The molecule has 2 amide bonds. The van der Waals surface area contributed by atoms with Crippen molar-refractivity contribution >= 4 is 29.1 Å². The Morgan fingerprint density at radius 3 is 2.51 bits per heavy atom. The van der Waals surface area contributed by atoms with Gasteiger partial charge in [0.25, 0.3) is 5.91 Å². The maximum atomic E-state index is 12.4. The fourth-order valence-corrected chi connectivity index (χ4v) is 4.05. The van der Waals surface area contributed by atoms with Crippen LogP contribution in [0.2, 0.25) is 0 Å². The number of amides is 2. The van der Waals surface area contributed by atoms with Gasteiger partial charge in [0.05, 0.1) is 30.7 Å². The molecular formula is C30H37N9O4. The molecule has 3 rings (SSSR count). The van der Waals surface area contributed by atoms with Gasteiger partial charge in [0.2, 0.25) is 5.91 Å². The Morgan fingerprint density at radius 1 is 1.19 bits per heavy atom. The Morgan fingerprint density at radius 2 is 1.93 bits per heavy atom. The highest BCUT2D eigenvalue weighted by molar-refractivity contribution is 5.94. The molecule has 1 aliphatic carbocycles. The number of nitrogens with zero attached hydrogens (tertiary/aromatic N) is 2. The lowest BCUT2D eigenvalue weighted by atomic mass is 10.0. The lowest BCUT2D eigenvalue weighted by Gasteiger charge is -2.20. The van der Waals surface area contributed by atoms with Gasteiger partial charge in [0, 0.05) is 49.1 Å². The van der Waals surface area contributed by atoms with Crippen molar-refractivity contribution in [1.82, 2.24) is 20.5 Å². The van der Waals surface area contributed by atoms with Crippen molar-refractivity contribution in [2.45, 2.75) is 12.8 Å². The van der Waals surface area contributed by atoms with E-state index >= 15 is 0 Å². The molecular weight excluding hydrogens is 550 g/mol. The molecule has 1 aliphatic rings. The van der Waals surface area contributed by atoms with Gasteiger partial charge in [-0.15, -0.1) is 0 Å². The number of hydrogen-bond acceptors (Lipinski definition) is 11. The van der Waals surface area contributed by atoms with Gasteiger partial charge in [0.1, 0.15) is 23.0 Å². The molecule has 1 fully saturated rings. The zero-order valence-electron chi connectivity index (χ0n) is 24.3. The van der Waals surface area contributed by atoms with E-state index in [1.165, 1.54) is 26.4 Å². The maximum Gasteiger partial charge on any atom is 0.269 e. The third-order valence-electron chi connectivity index (χ3n) is 6.40. The summed E-state index contributed by atoms with van der Waals surface area (Å²) < 4.78 is 5.73. The molecule has 0 saturated heterocycles. The number of rotatable bonds is 13. The van der Waals surface area contributed by atoms with Crippen molar-refractivity contribution in [3.05, 3.63) is 89.6 Å². The first-order valence-corrected chi connectivity index (χ1v) is 13.3. The molecule has 0 unspecified atom stereocenters. The number of nitrogens with two attached hydrogens (primary N) is 4. The van der Waals surface area contributed by atoms with Gasteiger partial charge in [-0.3, -0.25) is 14.6 Å². The lowest BCUT2D eigenvalue weighted by molar-refractivity contribution is -0.121. The number of carbonyl (C=O) groups excluding carboxylic acids is 3. The number of aromatic nitrogens is 1. The normalized spacial score (nSPS) is 13.9. The minimum Gasteiger partial charge on any atom is -0.494 e. The van der Waals surface area contributed by atoms with Crippen LogP contribution >= 0.6 is 0 Å². The second-order valence-electron chi connectivity index (χ2n) is 9.65. The molecule has 226 valence electrons. The highest BCUT2D eigenvalue weighted by Crippen LogP contribution is 2.37. The Labute approximate surface area is 250 Å². The summed E-state index contributed by atoms with van der Waals surface area (Å²) in [6, 6.07) is 8.80. The van der Waals surface area contributed by atoms with Gasteiger partial charge in [0.15, 0.2) is 5.94 Å². The molecule has 1 heterocycles. The summed E-state index contributed by atoms with van der Waals surface area (Å²) in [5, 5.41) is 8.21. The van der Waals surface area contributed by atoms with Crippen molar-refractivity contribution in [3.63, 3.8) is 0 Å². The summed E-state index contributed by atoms with van der Waals surface area (Å²) in [6.45, 7) is 0.262. The average Bonchev–Trinajstić information content (AvgIpc) is 3.85. The van der Waals surface area contributed by atoms with Crippen LogP contribution < -0.4 is 43.6 Å². The monoisotopic (exact) mass is 587 g/mol. The van der Waals surface area contributed by atoms with E-state index in [9.17, 15) is 14.4 Å². The van der Waals surface area contributed by atoms with Crippen molar-refractivity contribution in [1.29, 1.82) is 0 Å². The Bertz CT molecular complexity index is 1520. The number of anilines is 1. The third kappa shape index (κ3) is 8.41. The number of allylic oxidation sites excluding steroid dienone is 3. The highest BCUT2D eigenvalue weighted by Gasteiger charge is 2.29. The van der Waals surface area contributed by atoms with Crippen LogP contribution in [0.1, 0.15) is 18.5 Å². The predicted molar refractivity (Wildman–Crippen MR) is 166 cm³/mol. The molecule has 13 heteroatoms. The third-order valence-corrected chi connectivity index (χ3v) is 6.40. The fourth-order valence-electron chi connectivity index (χ4n) is 4.05. The van der Waals surface area contributed by atoms with Gasteiger partial charge in [-0.2, -0.15) is 0 Å². The molecule has 0 atom stereocenters. The van der Waals surface area contributed by atoms with Crippen LogP contribution in [0.3, 0.4) is 0 Å². The Balaban J connectivity index is 1.92. The first-order chi connectivity index (χ1) is 20.6. The number of hydrogen-bond donors (Lipinski definition) is 7. The van der Waals surface area contributed by atoms with E-state index in [0.29, 0.717) is 34.0 Å². The van der Waals surface area contributed by atoms with Crippen LogP contribution in [-0.4, -0.2) is 55.4 Å². The minimum atomic E-state index is -0.549. The van der Waals surface area contributed by atoms with Crippen molar-refractivity contribution < 1.29 is 19.1 Å². The number of pyridine rings is 1. The van der Waals surface area contributed by atoms with Crippen LogP contribution in [0.25, 0.3) is 16.8 Å². The molecule has 0 spiro atoms. The van der Waals surface area contributed by atoms with E-state index in [1.807, 2.05) is 12.0 Å². The van der Waals surface area contributed by atoms with Crippen molar-refractivity contribution in [2.24, 2.45) is 28.9 Å². The molecule has 1 saturated carbocycles. The van der Waals surface area contributed by atoms with Crippen molar-refractivity contribution in [2.75, 3.05) is 33.1 Å². The number of nitrogens with one attached hydrogen (secondary N) is 3. The second-order valence-corrected chi connectivity index (χ2v) is 9.65. The molecule has 2 aromatic rings. The maximum absolute atomic E-state index is 12.4. The van der Waals surface area contributed by atoms with Crippen LogP contribution in [0, 0.1) is 5.92 Å². The summed E-state index contributed by atoms with van der Waals surface area (Å²) in [4.78, 5) is 42.5. The van der Waals surface area contributed by atoms with Gasteiger partial charge < -0.3 is 48.5 Å². The van der Waals surface area contributed by atoms with E-state index in [0.717, 1.165) is 12.8 Å². The lowest BCUT2D eigenvalue weighted by Crippen LogP contribution is -2.31. The molecule has 0 aliphatic heterocycles. The zero-order chi connectivity index (χ0) is 31.5. The summed E-state index contributed by atoms with van der Waals surface area (Å²) >= 11 is 0. The van der Waals surface area contributed by atoms with Crippen LogP contribution in [0.4, 0.5) is 5.69 Å². The topological polar surface area (TPSA) is 217 Å². The Hall–Kier alpha value is -5.68. The SMILES string of the molecule is CNC(=O)/C(N)=C(/C=C(\N)NC(=O)C1CC1)Nc1cccc(-c2ccc(C(=C=O)N(C)C/C(N)=C/C=C\N)nc2)c1OC. The number of likely N-dealkylation sites (N-methyl/N-ethyl adjacent to an activating group) is 2. The van der Waals surface area contributed by atoms with Gasteiger partial charge >= 0.3 is 0 Å². The second kappa shape index (κ2) is 14.8. The smallest absolute Gasteiger partial charge is 0.269 e. The van der Waals surface area contributed by atoms with E-state index < -0.39 is 5.91 Å². The van der Waals surface area contributed by atoms with E-state index in [-0.39, 0.29) is 41.3 Å². The van der Waals surface area contributed by atoms with Crippen LogP contribution in [0.5, 0.6) is 5.75 Å². The predicted octanol–water partition coefficient (Wildman–Crippen LogP) is 0.831. The molecule has 11 N–H and O–H groups in total. The molecule has 13 nitrogen and oxygen atoms in total. The van der Waals surface area contributed by atoms with Gasteiger partial charge in [-0.1, -0.05) is 18.2 Å². The number of benzene rings is 1.